The minimum Gasteiger partial charge on any atom is -0.497 e. The highest BCUT2D eigenvalue weighted by Crippen LogP contribution is 2.25. The van der Waals surface area contributed by atoms with Crippen molar-refractivity contribution in [3.05, 3.63) is 82.3 Å². The Labute approximate surface area is 199 Å². The fraction of sp³-hybridized carbons (Fsp3) is 0.346. The zero-order valence-corrected chi connectivity index (χ0v) is 19.6. The first-order chi connectivity index (χ1) is 16.6. The summed E-state index contributed by atoms with van der Waals surface area (Å²) in [6.07, 6.45) is 3.38. The van der Waals surface area contributed by atoms with Gasteiger partial charge in [-0.1, -0.05) is 30.3 Å². The van der Waals surface area contributed by atoms with E-state index in [1.54, 1.807) is 26.5 Å². The molecular formula is C26H30N4O4. The van der Waals surface area contributed by atoms with Crippen LogP contribution in [0.1, 0.15) is 24.0 Å². The highest BCUT2D eigenvalue weighted by atomic mass is 16.5. The summed E-state index contributed by atoms with van der Waals surface area (Å²) < 4.78 is 12.1. The Bertz CT molecular complexity index is 1180. The Balaban J connectivity index is 1.39. The highest BCUT2D eigenvalue weighted by Gasteiger charge is 2.26. The minimum absolute atomic E-state index is 0.0139. The maximum absolute atomic E-state index is 12.9. The molecule has 1 fully saturated rings. The monoisotopic (exact) mass is 462 g/mol. The number of aromatic nitrogens is 2. The molecule has 8 heteroatoms. The van der Waals surface area contributed by atoms with E-state index >= 15 is 0 Å². The fourth-order valence-electron chi connectivity index (χ4n) is 4.24. The molecule has 34 heavy (non-hydrogen) atoms. The molecule has 2 aromatic carbocycles. The van der Waals surface area contributed by atoms with Gasteiger partial charge in [-0.25, -0.2) is 4.68 Å². The molecule has 2 heterocycles. The summed E-state index contributed by atoms with van der Waals surface area (Å²) in [4.78, 5) is 27.7. The van der Waals surface area contributed by atoms with Crippen molar-refractivity contribution in [3.63, 3.8) is 0 Å². The number of nitrogens with zero attached hydrogens (tertiary/aromatic N) is 3. The average Bonchev–Trinajstić information content (AvgIpc) is 2.89. The number of nitrogens with one attached hydrogen (secondary N) is 1. The number of hydrogen-bond acceptors (Lipinski definition) is 6. The van der Waals surface area contributed by atoms with Crippen molar-refractivity contribution in [2.24, 2.45) is 5.92 Å². The van der Waals surface area contributed by atoms with Gasteiger partial charge in [-0.3, -0.25) is 9.59 Å². The minimum atomic E-state index is -0.169. The first-order valence-corrected chi connectivity index (χ1v) is 11.4. The van der Waals surface area contributed by atoms with Crippen LogP contribution in [0.15, 0.2) is 65.6 Å². The Hall–Kier alpha value is -3.81. The third-order valence-electron chi connectivity index (χ3n) is 6.13. The largest absolute Gasteiger partial charge is 0.497 e. The Morgan fingerprint density at radius 3 is 2.68 bits per heavy atom. The summed E-state index contributed by atoms with van der Waals surface area (Å²) in [5.41, 5.74) is 2.47. The molecular weight excluding hydrogens is 432 g/mol. The van der Waals surface area contributed by atoms with Crippen LogP contribution in [-0.4, -0.2) is 43.0 Å². The van der Waals surface area contributed by atoms with Crippen LogP contribution in [0.2, 0.25) is 0 Å². The second kappa shape index (κ2) is 10.9. The molecule has 0 aliphatic carbocycles. The lowest BCUT2D eigenvalue weighted by Gasteiger charge is -2.33. The molecule has 0 saturated carbocycles. The Morgan fingerprint density at radius 2 is 1.94 bits per heavy atom. The topological polar surface area (TPSA) is 85.7 Å². The SMILES string of the molecule is COc1ccc(OC)c(CNC(=O)C2CCCN(c3cnn(Cc4ccccc4)c(=O)c3)C2)c1. The summed E-state index contributed by atoms with van der Waals surface area (Å²) in [5.74, 6) is 1.23. The number of amides is 1. The molecule has 1 aliphatic heterocycles. The van der Waals surface area contributed by atoms with E-state index in [-0.39, 0.29) is 17.4 Å². The molecule has 1 N–H and O–H groups in total. The smallest absolute Gasteiger partial charge is 0.269 e. The van der Waals surface area contributed by atoms with Gasteiger partial charge in [-0.15, -0.1) is 0 Å². The van der Waals surface area contributed by atoms with Gasteiger partial charge in [0.25, 0.3) is 5.56 Å². The van der Waals surface area contributed by atoms with Crippen LogP contribution in [0.25, 0.3) is 0 Å². The van der Waals surface area contributed by atoms with Gasteiger partial charge in [0, 0.05) is 31.3 Å². The zero-order valence-electron chi connectivity index (χ0n) is 19.6. The van der Waals surface area contributed by atoms with Gasteiger partial charge in [-0.05, 0) is 36.6 Å². The van der Waals surface area contributed by atoms with E-state index in [2.05, 4.69) is 15.3 Å². The normalized spacial score (nSPS) is 15.6. The van der Waals surface area contributed by atoms with Gasteiger partial charge in [0.05, 0.1) is 38.6 Å². The second-order valence-corrected chi connectivity index (χ2v) is 8.38. The van der Waals surface area contributed by atoms with Crippen LogP contribution < -0.4 is 25.2 Å². The van der Waals surface area contributed by atoms with Crippen LogP contribution in [0.5, 0.6) is 11.5 Å². The lowest BCUT2D eigenvalue weighted by atomic mass is 9.96. The predicted octanol–water partition coefficient (Wildman–Crippen LogP) is 2.84. The molecule has 1 atom stereocenters. The molecule has 1 saturated heterocycles. The summed E-state index contributed by atoms with van der Waals surface area (Å²) in [6.45, 7) is 2.12. The van der Waals surface area contributed by atoms with Crippen LogP contribution >= 0.6 is 0 Å². The molecule has 1 amide bonds. The van der Waals surface area contributed by atoms with Gasteiger partial charge < -0.3 is 19.7 Å². The Morgan fingerprint density at radius 1 is 1.12 bits per heavy atom. The van der Waals surface area contributed by atoms with Crippen molar-refractivity contribution >= 4 is 11.6 Å². The molecule has 1 aliphatic rings. The molecule has 4 rings (SSSR count). The van der Waals surface area contributed by atoms with Crippen LogP contribution in [0.4, 0.5) is 5.69 Å². The third kappa shape index (κ3) is 5.57. The van der Waals surface area contributed by atoms with Gasteiger partial charge in [0.15, 0.2) is 0 Å². The van der Waals surface area contributed by atoms with Crippen molar-refractivity contribution in [2.45, 2.75) is 25.9 Å². The van der Waals surface area contributed by atoms with E-state index in [1.165, 1.54) is 4.68 Å². The number of methoxy groups -OCH3 is 2. The van der Waals surface area contributed by atoms with Gasteiger partial charge >= 0.3 is 0 Å². The number of anilines is 1. The van der Waals surface area contributed by atoms with Crippen molar-refractivity contribution in [3.8, 4) is 11.5 Å². The van der Waals surface area contributed by atoms with Gasteiger partial charge in [-0.2, -0.15) is 5.10 Å². The lowest BCUT2D eigenvalue weighted by Crippen LogP contribution is -2.43. The molecule has 1 unspecified atom stereocenters. The highest BCUT2D eigenvalue weighted by molar-refractivity contribution is 5.79. The molecule has 0 spiro atoms. The molecule has 0 bridgehead atoms. The van der Waals surface area contributed by atoms with Crippen molar-refractivity contribution in [1.82, 2.24) is 15.1 Å². The predicted molar refractivity (Wildman–Crippen MR) is 130 cm³/mol. The van der Waals surface area contributed by atoms with Gasteiger partial charge in [0.1, 0.15) is 11.5 Å². The number of hydrogen-bond donors (Lipinski definition) is 1. The number of carbonyl (C=O) groups is 1. The molecule has 1 aromatic heterocycles. The number of benzene rings is 2. The number of rotatable bonds is 8. The fourth-order valence-corrected chi connectivity index (χ4v) is 4.24. The Kier molecular flexibility index (Phi) is 7.47. The summed E-state index contributed by atoms with van der Waals surface area (Å²) in [7, 11) is 3.21. The maximum Gasteiger partial charge on any atom is 0.269 e. The number of ether oxygens (including phenoxy) is 2. The molecule has 0 radical (unpaired) electrons. The van der Waals surface area contributed by atoms with Crippen molar-refractivity contribution in [1.29, 1.82) is 0 Å². The van der Waals surface area contributed by atoms with Crippen LogP contribution in [0, 0.1) is 5.92 Å². The van der Waals surface area contributed by atoms with E-state index in [0.29, 0.717) is 31.1 Å². The van der Waals surface area contributed by atoms with E-state index < -0.39 is 0 Å². The first-order valence-electron chi connectivity index (χ1n) is 11.4. The number of piperidine rings is 1. The van der Waals surface area contributed by atoms with E-state index in [1.807, 2.05) is 48.5 Å². The maximum atomic E-state index is 12.9. The van der Waals surface area contributed by atoms with Crippen LogP contribution in [0.3, 0.4) is 0 Å². The molecule has 3 aromatic rings. The van der Waals surface area contributed by atoms with E-state index in [9.17, 15) is 9.59 Å². The zero-order chi connectivity index (χ0) is 23.9. The third-order valence-corrected chi connectivity index (χ3v) is 6.13. The first kappa shape index (κ1) is 23.4. The van der Waals surface area contributed by atoms with Crippen LogP contribution in [-0.2, 0) is 17.9 Å². The van der Waals surface area contributed by atoms with E-state index in [4.69, 9.17) is 9.47 Å². The standard InChI is InChI=1S/C26H30N4O4/c1-33-23-10-11-24(34-2)21(13-23)15-27-26(32)20-9-6-12-29(18-20)22-14-25(31)30(28-16-22)17-19-7-4-3-5-8-19/h3-5,7-8,10-11,13-14,16,20H,6,9,12,15,17-18H2,1-2H3,(H,27,32). The average molecular weight is 463 g/mol. The lowest BCUT2D eigenvalue weighted by molar-refractivity contribution is -0.125. The van der Waals surface area contributed by atoms with E-state index in [0.717, 1.165) is 36.2 Å². The summed E-state index contributed by atoms with van der Waals surface area (Å²) in [6, 6.07) is 16.9. The molecule has 178 valence electrons. The van der Waals surface area contributed by atoms with Crippen molar-refractivity contribution in [2.75, 3.05) is 32.2 Å². The summed E-state index contributed by atoms with van der Waals surface area (Å²) >= 11 is 0. The quantitative estimate of drug-likeness (QED) is 0.554. The van der Waals surface area contributed by atoms with Gasteiger partial charge in [0.2, 0.25) is 5.91 Å². The molecule has 8 nitrogen and oxygen atoms in total. The van der Waals surface area contributed by atoms with Crippen molar-refractivity contribution < 1.29 is 14.3 Å². The summed E-state index contributed by atoms with van der Waals surface area (Å²) in [5, 5.41) is 7.40. The second-order valence-electron chi connectivity index (χ2n) is 8.38. The number of carbonyl (C=O) groups excluding carboxylic acids is 1.